The molecule has 178 valence electrons. The molecule has 0 radical (unpaired) electrons. The first kappa shape index (κ1) is 23.7. The number of Topliss-reactive ketones (excluding diaryl/α,β-unsaturated/α-hetero) is 1. The molecule has 0 atom stereocenters. The van der Waals surface area contributed by atoms with Crippen LogP contribution in [0.15, 0.2) is 60.7 Å². The van der Waals surface area contributed by atoms with Crippen molar-refractivity contribution in [2.75, 3.05) is 0 Å². The van der Waals surface area contributed by atoms with E-state index >= 15 is 0 Å². The molecule has 35 heavy (non-hydrogen) atoms. The van der Waals surface area contributed by atoms with Crippen molar-refractivity contribution in [2.45, 2.75) is 33.3 Å². The highest BCUT2D eigenvalue weighted by Crippen LogP contribution is 2.57. The molecule has 2 aliphatic rings. The average Bonchev–Trinajstić information content (AvgIpc) is 3.05. The van der Waals surface area contributed by atoms with E-state index in [0.717, 1.165) is 0 Å². The Kier molecular flexibility index (Phi) is 6.13. The van der Waals surface area contributed by atoms with Crippen LogP contribution in [0.5, 0.6) is 23.0 Å². The number of ketones is 1. The predicted molar refractivity (Wildman–Crippen MR) is 124 cm³/mol. The molecule has 0 N–H and O–H groups in total. The van der Waals surface area contributed by atoms with Crippen LogP contribution in [0.3, 0.4) is 0 Å². The summed E-state index contributed by atoms with van der Waals surface area (Å²) in [5, 5.41) is 0. The van der Waals surface area contributed by atoms with Crippen molar-refractivity contribution in [3.05, 3.63) is 82.9 Å². The van der Waals surface area contributed by atoms with Gasteiger partial charge in [0.25, 0.3) is 0 Å². The van der Waals surface area contributed by atoms with E-state index in [2.05, 4.69) is 0 Å². The summed E-state index contributed by atoms with van der Waals surface area (Å²) in [5.74, 6) is 0.0625. The highest BCUT2D eigenvalue weighted by molar-refractivity contribution is 5.97. The van der Waals surface area contributed by atoms with Gasteiger partial charge in [-0.15, -0.1) is 0 Å². The number of rotatable bonds is 2. The number of benzene rings is 3. The fraction of sp³-hybridized carbons (Fsp3) is 0.185. The topological polar surface area (TPSA) is 105 Å². The first-order valence-electron chi connectivity index (χ1n) is 10.8. The fourth-order valence-corrected chi connectivity index (χ4v) is 4.10. The van der Waals surface area contributed by atoms with Gasteiger partial charge in [0.15, 0.2) is 5.60 Å². The number of carbonyl (C=O) groups excluding carboxylic acids is 4. The molecule has 2 heterocycles. The third-order valence-corrected chi connectivity index (χ3v) is 5.18. The summed E-state index contributed by atoms with van der Waals surface area (Å²) in [6, 6.07) is 16.9. The van der Waals surface area contributed by atoms with Gasteiger partial charge in [-0.2, -0.15) is 0 Å². The quantitative estimate of drug-likeness (QED) is 0.389. The molecule has 0 amide bonds. The zero-order valence-corrected chi connectivity index (χ0v) is 19.5. The van der Waals surface area contributed by atoms with Crippen LogP contribution in [0, 0.1) is 0 Å². The van der Waals surface area contributed by atoms with Crippen LogP contribution in [-0.4, -0.2) is 23.7 Å². The van der Waals surface area contributed by atoms with Crippen molar-refractivity contribution in [2.24, 2.45) is 0 Å². The number of esters is 3. The van der Waals surface area contributed by atoms with Gasteiger partial charge in [0.2, 0.25) is 0 Å². The van der Waals surface area contributed by atoms with Gasteiger partial charge >= 0.3 is 17.9 Å². The van der Waals surface area contributed by atoms with E-state index < -0.39 is 23.5 Å². The van der Waals surface area contributed by atoms with Gasteiger partial charge < -0.3 is 23.7 Å². The van der Waals surface area contributed by atoms with E-state index in [-0.39, 0.29) is 5.78 Å². The zero-order valence-electron chi connectivity index (χ0n) is 19.5. The smallest absolute Gasteiger partial charge is 0.340 e. The molecule has 0 fully saturated rings. The Bertz CT molecular complexity index is 1300. The molecule has 8 nitrogen and oxygen atoms in total. The highest BCUT2D eigenvalue weighted by atomic mass is 16.6. The van der Waals surface area contributed by atoms with Gasteiger partial charge in [0.1, 0.15) is 28.8 Å². The van der Waals surface area contributed by atoms with E-state index in [1.807, 2.05) is 12.1 Å². The Morgan fingerprint density at radius 1 is 0.714 bits per heavy atom. The lowest BCUT2D eigenvalue weighted by molar-refractivity contribution is -0.132. The maximum Gasteiger partial charge on any atom is 0.340 e. The van der Waals surface area contributed by atoms with Gasteiger partial charge in [0, 0.05) is 42.7 Å². The molecular weight excluding hydrogens is 452 g/mol. The largest absolute Gasteiger partial charge is 0.456 e. The van der Waals surface area contributed by atoms with Crippen molar-refractivity contribution >= 4 is 23.7 Å². The summed E-state index contributed by atoms with van der Waals surface area (Å²) in [5.41, 5.74) is 1.06. The second-order valence-corrected chi connectivity index (χ2v) is 8.13. The normalized spacial score (nSPS) is 13.7. The SMILES string of the molecule is CC(=O)Oc1ccc2c(c1)Oc1cc(OC(C)=O)ccc1C21OC(=O)c2ccccc21.CC(C)=O. The van der Waals surface area contributed by atoms with Crippen LogP contribution in [0.1, 0.15) is 54.7 Å². The molecule has 0 bridgehead atoms. The molecule has 8 heteroatoms. The van der Waals surface area contributed by atoms with Crippen molar-refractivity contribution < 1.29 is 38.1 Å². The van der Waals surface area contributed by atoms with E-state index in [9.17, 15) is 19.2 Å². The summed E-state index contributed by atoms with van der Waals surface area (Å²) < 4.78 is 22.5. The second-order valence-electron chi connectivity index (χ2n) is 8.13. The van der Waals surface area contributed by atoms with E-state index in [4.69, 9.17) is 18.9 Å². The van der Waals surface area contributed by atoms with Crippen LogP contribution in [0.4, 0.5) is 0 Å². The monoisotopic (exact) mass is 474 g/mol. The lowest BCUT2D eigenvalue weighted by Crippen LogP contribution is -2.33. The molecule has 0 saturated carbocycles. The lowest BCUT2D eigenvalue weighted by atomic mass is 9.77. The maximum atomic E-state index is 12.8. The third kappa shape index (κ3) is 4.38. The van der Waals surface area contributed by atoms with Crippen LogP contribution >= 0.6 is 0 Å². The van der Waals surface area contributed by atoms with Crippen LogP contribution in [0.25, 0.3) is 0 Å². The fourth-order valence-electron chi connectivity index (χ4n) is 4.10. The van der Waals surface area contributed by atoms with Crippen LogP contribution in [-0.2, 0) is 24.7 Å². The first-order chi connectivity index (χ1) is 16.6. The molecule has 2 aliphatic heterocycles. The molecule has 0 saturated heterocycles. The minimum absolute atomic E-state index is 0.167. The summed E-state index contributed by atoms with van der Waals surface area (Å²) >= 11 is 0. The average molecular weight is 474 g/mol. The standard InChI is InChI=1S/C24H16O7.C3H6O/c1-13(25)28-15-7-9-19-21(11-15)30-22-12-16(29-14(2)26)8-10-20(22)24(19)18-6-4-3-5-17(18)23(27)31-24;1-3(2)4/h3-12H,1-2H3;1-2H3. The summed E-state index contributed by atoms with van der Waals surface area (Å²) in [4.78, 5) is 45.0. The Labute approximate surface area is 201 Å². The molecular formula is C27H22O8. The van der Waals surface area contributed by atoms with E-state index in [0.29, 0.717) is 45.3 Å². The predicted octanol–water partition coefficient (Wildman–Crippen LogP) is 4.70. The Hall–Kier alpha value is -4.46. The van der Waals surface area contributed by atoms with E-state index in [1.165, 1.54) is 27.7 Å². The molecule has 1 spiro atoms. The number of hydrogen-bond acceptors (Lipinski definition) is 8. The van der Waals surface area contributed by atoms with Crippen molar-refractivity contribution in [1.82, 2.24) is 0 Å². The summed E-state index contributed by atoms with van der Waals surface area (Å²) in [6.07, 6.45) is 0. The van der Waals surface area contributed by atoms with Crippen molar-refractivity contribution in [3.8, 4) is 23.0 Å². The van der Waals surface area contributed by atoms with Gasteiger partial charge in [0.05, 0.1) is 5.56 Å². The van der Waals surface area contributed by atoms with Crippen molar-refractivity contribution in [3.63, 3.8) is 0 Å². The van der Waals surface area contributed by atoms with E-state index in [1.54, 1.807) is 48.5 Å². The van der Waals surface area contributed by atoms with Crippen LogP contribution in [0.2, 0.25) is 0 Å². The summed E-state index contributed by atoms with van der Waals surface area (Å²) in [6.45, 7) is 5.66. The Morgan fingerprint density at radius 3 is 1.69 bits per heavy atom. The van der Waals surface area contributed by atoms with Crippen molar-refractivity contribution in [1.29, 1.82) is 0 Å². The molecule has 3 aromatic rings. The number of fused-ring (bicyclic) bond motifs is 6. The first-order valence-corrected chi connectivity index (χ1v) is 10.8. The number of carbonyl (C=O) groups is 4. The molecule has 0 aliphatic carbocycles. The Morgan fingerprint density at radius 2 is 1.20 bits per heavy atom. The highest BCUT2D eigenvalue weighted by Gasteiger charge is 2.53. The minimum atomic E-state index is -1.25. The third-order valence-electron chi connectivity index (χ3n) is 5.18. The second kappa shape index (κ2) is 9.06. The number of hydrogen-bond donors (Lipinski definition) is 0. The number of ether oxygens (including phenoxy) is 4. The van der Waals surface area contributed by atoms with Gasteiger partial charge in [-0.3, -0.25) is 9.59 Å². The molecule has 0 aromatic heterocycles. The van der Waals surface area contributed by atoms with Crippen LogP contribution < -0.4 is 14.2 Å². The minimum Gasteiger partial charge on any atom is -0.456 e. The van der Waals surface area contributed by atoms with Gasteiger partial charge in [-0.1, -0.05) is 18.2 Å². The van der Waals surface area contributed by atoms with Gasteiger partial charge in [-0.25, -0.2) is 4.79 Å². The molecule has 5 rings (SSSR count). The zero-order chi connectivity index (χ0) is 25.3. The molecule has 3 aromatic carbocycles. The van der Waals surface area contributed by atoms with Gasteiger partial charge in [-0.05, 0) is 44.2 Å². The molecule has 0 unspecified atom stereocenters. The Balaban J connectivity index is 0.000000672. The summed E-state index contributed by atoms with van der Waals surface area (Å²) in [7, 11) is 0. The maximum absolute atomic E-state index is 12.8. The lowest BCUT2D eigenvalue weighted by Gasteiger charge is -2.36.